The number of nitrogens with one attached hydrogen (secondary N) is 2. The average molecular weight is 311 g/mol. The number of fused-ring (bicyclic) bond motifs is 1. The van der Waals surface area contributed by atoms with Gasteiger partial charge < -0.3 is 10.3 Å². The SMILES string of the molecule is C=N/C=C\C(CNc1nc(Cl)nc2[nH]cc(Cl)c12)=NC. The summed E-state index contributed by atoms with van der Waals surface area (Å²) in [7, 11) is 1.69. The number of halogens is 2. The van der Waals surface area contributed by atoms with E-state index in [4.69, 9.17) is 23.2 Å². The molecule has 0 fully saturated rings. The monoisotopic (exact) mass is 310 g/mol. The molecule has 0 amide bonds. The van der Waals surface area contributed by atoms with E-state index in [0.29, 0.717) is 28.4 Å². The maximum Gasteiger partial charge on any atom is 0.226 e. The highest BCUT2D eigenvalue weighted by molar-refractivity contribution is 6.36. The van der Waals surface area contributed by atoms with Crippen molar-refractivity contribution in [3.8, 4) is 0 Å². The fourth-order valence-corrected chi connectivity index (χ4v) is 2.02. The standard InChI is InChI=1S/C12H12Cl2N6/c1-15-4-3-7(16-2)5-17-10-9-8(13)6-18-11(9)20-12(14)19-10/h3-4,6H,1,5H2,2H3,(H2,17,18,19,20)/b4-3-,16-7?. The zero-order valence-electron chi connectivity index (χ0n) is 10.7. The first kappa shape index (κ1) is 14.5. The van der Waals surface area contributed by atoms with Crippen LogP contribution in [0.5, 0.6) is 0 Å². The lowest BCUT2D eigenvalue weighted by Crippen LogP contribution is -2.13. The van der Waals surface area contributed by atoms with Crippen LogP contribution in [0.4, 0.5) is 5.82 Å². The maximum absolute atomic E-state index is 6.10. The highest BCUT2D eigenvalue weighted by atomic mass is 35.5. The smallest absolute Gasteiger partial charge is 0.226 e. The predicted molar refractivity (Wildman–Crippen MR) is 84.4 cm³/mol. The first-order valence-electron chi connectivity index (χ1n) is 5.67. The van der Waals surface area contributed by atoms with E-state index in [1.807, 2.05) is 0 Å². The van der Waals surface area contributed by atoms with Crippen molar-refractivity contribution in [1.29, 1.82) is 0 Å². The number of H-pyrrole nitrogens is 1. The second-order valence-corrected chi connectivity index (χ2v) is 4.51. The minimum absolute atomic E-state index is 0.136. The normalized spacial score (nSPS) is 12.2. The molecule has 0 aliphatic heterocycles. The zero-order valence-corrected chi connectivity index (χ0v) is 12.2. The molecule has 0 aliphatic rings. The molecule has 104 valence electrons. The minimum atomic E-state index is 0.136. The maximum atomic E-state index is 6.10. The number of aromatic amines is 1. The van der Waals surface area contributed by atoms with Crippen molar-refractivity contribution in [3.05, 3.63) is 28.8 Å². The van der Waals surface area contributed by atoms with E-state index in [0.717, 1.165) is 5.71 Å². The van der Waals surface area contributed by atoms with Gasteiger partial charge in [0.2, 0.25) is 5.28 Å². The molecule has 2 rings (SSSR count). The van der Waals surface area contributed by atoms with Gasteiger partial charge in [0.1, 0.15) is 11.5 Å². The van der Waals surface area contributed by atoms with Crippen LogP contribution in [0.3, 0.4) is 0 Å². The molecule has 6 nitrogen and oxygen atoms in total. The van der Waals surface area contributed by atoms with Gasteiger partial charge in [0.25, 0.3) is 0 Å². The van der Waals surface area contributed by atoms with Crippen LogP contribution in [0.25, 0.3) is 11.0 Å². The minimum Gasteiger partial charge on any atom is -0.364 e. The molecule has 0 saturated heterocycles. The van der Waals surface area contributed by atoms with Crippen molar-refractivity contribution in [1.82, 2.24) is 15.0 Å². The summed E-state index contributed by atoms with van der Waals surface area (Å²) in [4.78, 5) is 18.9. The highest BCUT2D eigenvalue weighted by Crippen LogP contribution is 2.28. The number of aromatic nitrogens is 3. The molecule has 0 aromatic carbocycles. The number of hydrogen-bond donors (Lipinski definition) is 2. The Morgan fingerprint density at radius 1 is 1.50 bits per heavy atom. The van der Waals surface area contributed by atoms with E-state index >= 15 is 0 Å². The summed E-state index contributed by atoms with van der Waals surface area (Å²) in [5.74, 6) is 0.548. The van der Waals surface area contributed by atoms with Crippen LogP contribution >= 0.6 is 23.2 Å². The van der Waals surface area contributed by atoms with Crippen LogP contribution in [0.1, 0.15) is 0 Å². The summed E-state index contributed by atoms with van der Waals surface area (Å²) < 4.78 is 0. The summed E-state index contributed by atoms with van der Waals surface area (Å²) >= 11 is 12.0. The third-order valence-electron chi connectivity index (χ3n) is 2.55. The van der Waals surface area contributed by atoms with E-state index in [1.54, 1.807) is 25.5 Å². The molecule has 0 unspecified atom stereocenters. The molecule has 0 atom stereocenters. The zero-order chi connectivity index (χ0) is 14.5. The third kappa shape index (κ3) is 3.15. The Morgan fingerprint density at radius 2 is 2.30 bits per heavy atom. The molecule has 2 heterocycles. The van der Waals surface area contributed by atoms with Crippen LogP contribution in [-0.2, 0) is 0 Å². The van der Waals surface area contributed by atoms with Gasteiger partial charge in [0, 0.05) is 19.4 Å². The fourth-order valence-electron chi connectivity index (χ4n) is 1.62. The van der Waals surface area contributed by atoms with Gasteiger partial charge in [0.15, 0.2) is 0 Å². The Morgan fingerprint density at radius 3 is 3.00 bits per heavy atom. The molecule has 20 heavy (non-hydrogen) atoms. The second kappa shape index (κ2) is 6.49. The second-order valence-electron chi connectivity index (χ2n) is 3.77. The van der Waals surface area contributed by atoms with Gasteiger partial charge >= 0.3 is 0 Å². The predicted octanol–water partition coefficient (Wildman–Crippen LogP) is 2.96. The van der Waals surface area contributed by atoms with Crippen molar-refractivity contribution >= 4 is 52.5 Å². The molecular formula is C12H12Cl2N6. The van der Waals surface area contributed by atoms with Gasteiger partial charge in [-0.3, -0.25) is 9.98 Å². The molecule has 8 heteroatoms. The van der Waals surface area contributed by atoms with Gasteiger partial charge in [-0.15, -0.1) is 0 Å². The Labute approximate surface area is 125 Å². The summed E-state index contributed by atoms with van der Waals surface area (Å²) in [6.45, 7) is 3.82. The average Bonchev–Trinajstić information content (AvgIpc) is 2.80. The first-order chi connectivity index (χ1) is 9.65. The summed E-state index contributed by atoms with van der Waals surface area (Å²) in [6, 6.07) is 0. The molecular weight excluding hydrogens is 299 g/mol. The van der Waals surface area contributed by atoms with Crippen LogP contribution in [0.15, 0.2) is 28.5 Å². The Balaban J connectivity index is 2.27. The largest absolute Gasteiger partial charge is 0.364 e. The van der Waals surface area contributed by atoms with Crippen LogP contribution in [0.2, 0.25) is 10.3 Å². The molecule has 0 radical (unpaired) electrons. The Bertz CT molecular complexity index is 689. The molecule has 2 aromatic rings. The van der Waals surface area contributed by atoms with Crippen LogP contribution in [0, 0.1) is 0 Å². The van der Waals surface area contributed by atoms with E-state index in [2.05, 4.69) is 37.0 Å². The quantitative estimate of drug-likeness (QED) is 0.658. The first-order valence-corrected chi connectivity index (χ1v) is 6.43. The number of hydrogen-bond acceptors (Lipinski definition) is 5. The van der Waals surface area contributed by atoms with Gasteiger partial charge in [0.05, 0.1) is 22.7 Å². The lowest BCUT2D eigenvalue weighted by Gasteiger charge is -2.07. The Kier molecular flexibility index (Phi) is 4.70. The molecule has 2 N–H and O–H groups in total. The number of rotatable bonds is 5. The van der Waals surface area contributed by atoms with Gasteiger partial charge in [-0.1, -0.05) is 11.6 Å². The third-order valence-corrected chi connectivity index (χ3v) is 3.02. The van der Waals surface area contributed by atoms with E-state index in [1.165, 1.54) is 0 Å². The number of aliphatic imine (C=N–C) groups is 2. The van der Waals surface area contributed by atoms with Crippen molar-refractivity contribution in [2.75, 3.05) is 18.9 Å². The summed E-state index contributed by atoms with van der Waals surface area (Å²) in [5, 5.41) is 4.48. The van der Waals surface area contributed by atoms with Crippen molar-refractivity contribution in [2.45, 2.75) is 0 Å². The lowest BCUT2D eigenvalue weighted by molar-refractivity contribution is 1.18. The van der Waals surface area contributed by atoms with E-state index < -0.39 is 0 Å². The van der Waals surface area contributed by atoms with Gasteiger partial charge in [-0.2, -0.15) is 9.97 Å². The van der Waals surface area contributed by atoms with E-state index in [-0.39, 0.29) is 5.28 Å². The van der Waals surface area contributed by atoms with Crippen LogP contribution < -0.4 is 5.32 Å². The fraction of sp³-hybridized carbons (Fsp3) is 0.167. The Hall–Kier alpha value is -1.92. The van der Waals surface area contributed by atoms with E-state index in [9.17, 15) is 0 Å². The van der Waals surface area contributed by atoms with Crippen molar-refractivity contribution in [3.63, 3.8) is 0 Å². The van der Waals surface area contributed by atoms with Crippen molar-refractivity contribution < 1.29 is 0 Å². The summed E-state index contributed by atoms with van der Waals surface area (Å²) in [5.41, 5.74) is 1.36. The van der Waals surface area contributed by atoms with Crippen LogP contribution in [-0.4, -0.2) is 41.0 Å². The van der Waals surface area contributed by atoms with Gasteiger partial charge in [-0.25, -0.2) is 0 Å². The molecule has 0 saturated carbocycles. The number of anilines is 1. The molecule has 0 spiro atoms. The molecule has 0 bridgehead atoms. The topological polar surface area (TPSA) is 78.3 Å². The molecule has 0 aliphatic carbocycles. The summed E-state index contributed by atoms with van der Waals surface area (Å²) in [6.07, 6.45) is 4.95. The highest BCUT2D eigenvalue weighted by Gasteiger charge is 2.11. The lowest BCUT2D eigenvalue weighted by atomic mass is 10.3. The van der Waals surface area contributed by atoms with Crippen molar-refractivity contribution in [2.24, 2.45) is 9.98 Å². The molecule has 2 aromatic heterocycles. The number of nitrogens with zero attached hydrogens (tertiary/aromatic N) is 4. The van der Waals surface area contributed by atoms with Gasteiger partial charge in [-0.05, 0) is 24.4 Å².